The van der Waals surface area contributed by atoms with E-state index in [0.29, 0.717) is 5.92 Å². The van der Waals surface area contributed by atoms with Gasteiger partial charge in [0.25, 0.3) is 0 Å². The molecular weight excluding hydrogens is 631 g/mol. The molecule has 3 nitrogen and oxygen atoms in total. The zero-order valence-electron chi connectivity index (χ0n) is 30.9. The van der Waals surface area contributed by atoms with Crippen molar-refractivity contribution in [2.24, 2.45) is 5.73 Å². The quantitative estimate of drug-likeness (QED) is 0.163. The van der Waals surface area contributed by atoms with E-state index in [1.807, 2.05) is 6.92 Å². The Labute approximate surface area is 308 Å². The predicted octanol–water partition coefficient (Wildman–Crippen LogP) is 13.7. The van der Waals surface area contributed by atoms with Crippen LogP contribution in [0.4, 0.5) is 34.1 Å². The first-order chi connectivity index (χ1) is 25.3. The Morgan fingerprint density at radius 2 is 1.00 bits per heavy atom. The zero-order valence-corrected chi connectivity index (χ0v) is 30.9. The Bertz CT molecular complexity index is 2400. The smallest absolute Gasteiger partial charge is 0.0546 e. The van der Waals surface area contributed by atoms with Gasteiger partial charge in [0.15, 0.2) is 0 Å². The van der Waals surface area contributed by atoms with Crippen molar-refractivity contribution in [2.45, 2.75) is 59.4 Å². The first-order valence-corrected chi connectivity index (χ1v) is 18.6. The van der Waals surface area contributed by atoms with Crippen LogP contribution in [0.15, 0.2) is 140 Å². The van der Waals surface area contributed by atoms with Gasteiger partial charge in [-0.2, -0.15) is 0 Å². The maximum Gasteiger partial charge on any atom is 0.0546 e. The Morgan fingerprint density at radius 3 is 1.54 bits per heavy atom. The molecule has 0 radical (unpaired) electrons. The average Bonchev–Trinajstić information content (AvgIpc) is 3.17. The Hall–Kier alpha value is -5.64. The van der Waals surface area contributed by atoms with Gasteiger partial charge in [-0.15, -0.1) is 0 Å². The van der Waals surface area contributed by atoms with Gasteiger partial charge >= 0.3 is 0 Å². The molecule has 0 aromatic heterocycles. The number of aryl methyl sites for hydroxylation is 2. The fourth-order valence-corrected chi connectivity index (χ4v) is 7.73. The molecule has 0 bridgehead atoms. The molecular formula is C49H47N3. The van der Waals surface area contributed by atoms with Gasteiger partial charge in [-0.05, 0) is 139 Å². The molecule has 0 amide bonds. The summed E-state index contributed by atoms with van der Waals surface area (Å²) >= 11 is 0. The highest BCUT2D eigenvalue weighted by atomic mass is 15.2. The van der Waals surface area contributed by atoms with Gasteiger partial charge < -0.3 is 15.5 Å². The van der Waals surface area contributed by atoms with Gasteiger partial charge in [0.2, 0.25) is 0 Å². The summed E-state index contributed by atoms with van der Waals surface area (Å²) in [5.74, 6) is 0.470. The van der Waals surface area contributed by atoms with E-state index in [-0.39, 0.29) is 6.04 Å². The Morgan fingerprint density at radius 1 is 0.519 bits per heavy atom. The number of anilines is 6. The maximum absolute atomic E-state index is 6.29. The van der Waals surface area contributed by atoms with Crippen molar-refractivity contribution in [1.82, 2.24) is 0 Å². The van der Waals surface area contributed by atoms with Gasteiger partial charge in [0.1, 0.15) is 0 Å². The molecule has 258 valence electrons. The number of benzene rings is 7. The molecule has 0 saturated carbocycles. The second-order valence-electron chi connectivity index (χ2n) is 14.7. The fourth-order valence-electron chi connectivity index (χ4n) is 7.73. The van der Waals surface area contributed by atoms with E-state index in [1.165, 1.54) is 60.7 Å². The van der Waals surface area contributed by atoms with Crippen LogP contribution in [0, 0.1) is 13.8 Å². The minimum absolute atomic E-state index is 0.0198. The molecule has 0 aliphatic heterocycles. The number of rotatable bonds is 8. The second kappa shape index (κ2) is 13.8. The molecule has 0 heterocycles. The van der Waals surface area contributed by atoms with Crippen LogP contribution in [0.2, 0.25) is 0 Å². The molecule has 1 aliphatic carbocycles. The zero-order chi connectivity index (χ0) is 35.9. The molecule has 7 aromatic rings. The molecule has 1 atom stereocenters. The van der Waals surface area contributed by atoms with Gasteiger partial charge in [0.05, 0.1) is 11.4 Å². The Balaban J connectivity index is 1.41. The third kappa shape index (κ3) is 6.16. The first kappa shape index (κ1) is 33.5. The van der Waals surface area contributed by atoms with Crippen LogP contribution in [0.3, 0.4) is 0 Å². The molecule has 52 heavy (non-hydrogen) atoms. The van der Waals surface area contributed by atoms with Crippen LogP contribution >= 0.6 is 0 Å². The lowest BCUT2D eigenvalue weighted by molar-refractivity contribution is 0.818. The van der Waals surface area contributed by atoms with E-state index in [0.717, 1.165) is 41.2 Å². The summed E-state index contributed by atoms with van der Waals surface area (Å²) in [4.78, 5) is 4.89. The van der Waals surface area contributed by atoms with Crippen molar-refractivity contribution >= 4 is 61.7 Å². The molecule has 1 aliphatic rings. The largest absolute Gasteiger partial charge is 0.324 e. The summed E-state index contributed by atoms with van der Waals surface area (Å²) < 4.78 is 0. The average molecular weight is 678 g/mol. The topological polar surface area (TPSA) is 32.5 Å². The van der Waals surface area contributed by atoms with Crippen molar-refractivity contribution in [1.29, 1.82) is 0 Å². The van der Waals surface area contributed by atoms with E-state index in [2.05, 4.69) is 183 Å². The maximum atomic E-state index is 6.29. The van der Waals surface area contributed by atoms with Crippen molar-refractivity contribution < 1.29 is 0 Å². The highest BCUT2D eigenvalue weighted by molar-refractivity contribution is 6.18. The highest BCUT2D eigenvalue weighted by Gasteiger charge is 2.25. The molecule has 7 aromatic carbocycles. The van der Waals surface area contributed by atoms with Gasteiger partial charge in [-0.1, -0.05) is 110 Å². The molecule has 2 N–H and O–H groups in total. The van der Waals surface area contributed by atoms with Crippen molar-refractivity contribution in [3.8, 4) is 0 Å². The van der Waals surface area contributed by atoms with E-state index in [9.17, 15) is 0 Å². The van der Waals surface area contributed by atoms with E-state index >= 15 is 0 Å². The summed E-state index contributed by atoms with van der Waals surface area (Å²) in [6.07, 6.45) is 6.69. The third-order valence-electron chi connectivity index (χ3n) is 10.7. The van der Waals surface area contributed by atoms with Gasteiger partial charge in [0, 0.05) is 34.2 Å². The molecule has 0 spiro atoms. The Kier molecular flexibility index (Phi) is 8.90. The van der Waals surface area contributed by atoms with Crippen molar-refractivity contribution in [2.75, 3.05) is 9.80 Å². The lowest BCUT2D eigenvalue weighted by atomic mass is 9.87. The van der Waals surface area contributed by atoms with Crippen LogP contribution < -0.4 is 15.5 Å². The minimum Gasteiger partial charge on any atom is -0.324 e. The number of fused-ring (bicyclic) bond motifs is 5. The SMILES string of the molecule is Cc1ccc(N(c2ccc(C(C)N)cc2)c2cc3c(cc(N(c4ccc(C)cc4)c4ccc(C(C)C)cc4)c4ccccc43)c3c2CCC=C3)cc1. The third-order valence-corrected chi connectivity index (χ3v) is 10.7. The molecule has 1 unspecified atom stereocenters. The van der Waals surface area contributed by atoms with Crippen LogP contribution in [0.1, 0.15) is 72.5 Å². The van der Waals surface area contributed by atoms with Crippen LogP contribution in [0.25, 0.3) is 27.6 Å². The first-order valence-electron chi connectivity index (χ1n) is 18.6. The minimum atomic E-state index is -0.0198. The summed E-state index contributed by atoms with van der Waals surface area (Å²) in [6.45, 7) is 10.9. The summed E-state index contributed by atoms with van der Waals surface area (Å²) in [7, 11) is 0. The number of allylic oxidation sites excluding steroid dienone is 1. The molecule has 0 saturated heterocycles. The van der Waals surface area contributed by atoms with Crippen LogP contribution in [-0.2, 0) is 6.42 Å². The molecule has 0 fully saturated rings. The van der Waals surface area contributed by atoms with Crippen LogP contribution in [0.5, 0.6) is 0 Å². The lowest BCUT2D eigenvalue weighted by Crippen LogP contribution is -2.15. The van der Waals surface area contributed by atoms with E-state index in [1.54, 1.807) is 0 Å². The summed E-state index contributed by atoms with van der Waals surface area (Å²) in [6, 6.07) is 49.5. The number of hydrogen-bond donors (Lipinski definition) is 1. The molecule has 3 heteroatoms. The van der Waals surface area contributed by atoms with Gasteiger partial charge in [-0.3, -0.25) is 0 Å². The number of nitrogens with zero attached hydrogens (tertiary/aromatic N) is 2. The fraction of sp³-hybridized carbons (Fsp3) is 0.184. The lowest BCUT2D eigenvalue weighted by Gasteiger charge is -2.32. The summed E-state index contributed by atoms with van der Waals surface area (Å²) in [5.41, 5.74) is 20.9. The normalized spacial score (nSPS) is 13.1. The van der Waals surface area contributed by atoms with Crippen molar-refractivity contribution in [3.05, 3.63) is 173 Å². The summed E-state index contributed by atoms with van der Waals surface area (Å²) in [5, 5.41) is 4.99. The van der Waals surface area contributed by atoms with E-state index < -0.39 is 0 Å². The molecule has 8 rings (SSSR count). The second-order valence-corrected chi connectivity index (χ2v) is 14.7. The standard InChI is InChI=1S/C49H47N3/c1-32(2)36-18-26-40(27-19-36)51(38-22-14-33(3)15-23-38)48-30-46-43-11-7-9-13-45(43)49(31-47(46)42-10-6-8-12-44(42)48)52(39-24-16-34(4)17-25-39)41-28-20-37(21-29-41)35(5)50/h6-8,10-12,14-32,35H,9,13,50H2,1-5H3. The monoisotopic (exact) mass is 677 g/mol. The van der Waals surface area contributed by atoms with E-state index in [4.69, 9.17) is 5.73 Å². The van der Waals surface area contributed by atoms with Crippen LogP contribution in [-0.4, -0.2) is 0 Å². The van der Waals surface area contributed by atoms with Gasteiger partial charge in [-0.25, -0.2) is 0 Å². The predicted molar refractivity (Wildman–Crippen MR) is 224 cm³/mol. The van der Waals surface area contributed by atoms with Crippen molar-refractivity contribution in [3.63, 3.8) is 0 Å². The number of hydrogen-bond acceptors (Lipinski definition) is 3. The number of nitrogens with two attached hydrogens (primary N) is 1. The highest BCUT2D eigenvalue weighted by Crippen LogP contribution is 2.48.